The molecule has 21 heavy (non-hydrogen) atoms. The van der Waals surface area contributed by atoms with Crippen molar-refractivity contribution in [3.05, 3.63) is 47.4 Å². The zero-order valence-electron chi connectivity index (χ0n) is 11.7. The van der Waals surface area contributed by atoms with E-state index in [1.807, 2.05) is 17.2 Å². The van der Waals surface area contributed by atoms with Gasteiger partial charge in [-0.2, -0.15) is 0 Å². The number of nitrogens with zero attached hydrogens (tertiary/aromatic N) is 2. The van der Waals surface area contributed by atoms with Gasteiger partial charge in [-0.25, -0.2) is 4.79 Å². The molecule has 0 aliphatic carbocycles. The number of carbonyl (C=O) groups excluding carboxylic acids is 1. The number of aromatic nitrogens is 1. The Bertz CT molecular complexity index is 600. The Morgan fingerprint density at radius 1 is 1.48 bits per heavy atom. The first-order chi connectivity index (χ1) is 10.2. The number of pyridine rings is 1. The lowest BCUT2D eigenvalue weighted by atomic mass is 9.95. The first-order valence-corrected chi connectivity index (χ1v) is 7.90. The highest BCUT2D eigenvalue weighted by molar-refractivity contribution is 9.10. The quantitative estimate of drug-likeness (QED) is 0.754. The second-order valence-electron chi connectivity index (χ2n) is 5.34. The van der Waals surface area contributed by atoms with E-state index in [1.54, 1.807) is 6.20 Å². The molecule has 0 unspecified atom stereocenters. The van der Waals surface area contributed by atoms with Crippen LogP contribution < -0.4 is 0 Å². The maximum absolute atomic E-state index is 12.1. The molecule has 2 aliphatic heterocycles. The maximum atomic E-state index is 12.1. The predicted octanol–water partition coefficient (Wildman–Crippen LogP) is 4.13. The van der Waals surface area contributed by atoms with Gasteiger partial charge in [-0.15, -0.1) is 0 Å². The van der Waals surface area contributed by atoms with E-state index in [-0.39, 0.29) is 18.2 Å². The van der Waals surface area contributed by atoms with Gasteiger partial charge in [-0.05, 0) is 58.8 Å². The molecule has 0 saturated carbocycles. The molecule has 0 N–H and O–H groups in total. The minimum absolute atomic E-state index is 0.111. The third-order valence-corrected chi connectivity index (χ3v) is 4.83. The van der Waals surface area contributed by atoms with E-state index in [2.05, 4.69) is 33.6 Å². The average Bonchev–Trinajstić information content (AvgIpc) is 2.75. The number of allylic oxidation sites excluding steroid dienone is 1. The Kier molecular flexibility index (Phi) is 4.10. The van der Waals surface area contributed by atoms with Crippen LogP contribution >= 0.6 is 15.9 Å². The molecule has 2 atom stereocenters. The van der Waals surface area contributed by atoms with Crippen molar-refractivity contribution < 1.29 is 9.53 Å². The lowest BCUT2D eigenvalue weighted by molar-refractivity contribution is 0.122. The SMILES string of the molecule is C=COC(=O)N1[C@@H]2CCC(c3ccncc3Br)=C[C@H]1CC2. The van der Waals surface area contributed by atoms with Crippen LogP contribution in [0.2, 0.25) is 0 Å². The monoisotopic (exact) mass is 348 g/mol. The topological polar surface area (TPSA) is 42.4 Å². The number of ether oxygens (including phenoxy) is 1. The van der Waals surface area contributed by atoms with E-state index in [9.17, 15) is 4.79 Å². The van der Waals surface area contributed by atoms with Gasteiger partial charge >= 0.3 is 6.09 Å². The van der Waals surface area contributed by atoms with Crippen LogP contribution in [-0.2, 0) is 4.74 Å². The minimum Gasteiger partial charge on any atom is -0.419 e. The largest absolute Gasteiger partial charge is 0.419 e. The van der Waals surface area contributed by atoms with Gasteiger partial charge in [-0.1, -0.05) is 12.7 Å². The van der Waals surface area contributed by atoms with Crippen LogP contribution in [0.15, 0.2) is 41.8 Å². The number of amides is 1. The van der Waals surface area contributed by atoms with Crippen molar-refractivity contribution >= 4 is 27.6 Å². The van der Waals surface area contributed by atoms with Crippen molar-refractivity contribution in [2.24, 2.45) is 0 Å². The summed E-state index contributed by atoms with van der Waals surface area (Å²) in [5, 5.41) is 0. The number of halogens is 1. The molecule has 0 aromatic carbocycles. The third-order valence-electron chi connectivity index (χ3n) is 4.20. The summed E-state index contributed by atoms with van der Waals surface area (Å²) in [6.07, 6.45) is 10.7. The lowest BCUT2D eigenvalue weighted by Crippen LogP contribution is -2.39. The Morgan fingerprint density at radius 3 is 3.10 bits per heavy atom. The van der Waals surface area contributed by atoms with Crippen molar-refractivity contribution in [2.45, 2.75) is 37.8 Å². The molecular formula is C16H17BrN2O2. The van der Waals surface area contributed by atoms with Gasteiger partial charge in [-0.3, -0.25) is 9.88 Å². The molecule has 110 valence electrons. The highest BCUT2D eigenvalue weighted by Crippen LogP contribution is 2.38. The standard InChI is InChI=1S/C16H17BrN2O2/c1-2-21-16(20)19-12-4-3-11(9-13(19)6-5-12)14-7-8-18-10-15(14)17/h2,7-10,12-13H,1,3-6H2/t12-,13-/m1/s1. The summed E-state index contributed by atoms with van der Waals surface area (Å²) in [6, 6.07) is 2.39. The summed E-state index contributed by atoms with van der Waals surface area (Å²) in [5.41, 5.74) is 2.43. The fourth-order valence-corrected chi connectivity index (χ4v) is 3.78. The Hall–Kier alpha value is -1.62. The number of hydrogen-bond acceptors (Lipinski definition) is 3. The van der Waals surface area contributed by atoms with E-state index in [0.717, 1.165) is 35.7 Å². The Balaban J connectivity index is 1.91. The molecule has 0 radical (unpaired) electrons. The summed E-state index contributed by atoms with van der Waals surface area (Å²) in [5.74, 6) is 0. The Morgan fingerprint density at radius 2 is 2.33 bits per heavy atom. The fourth-order valence-electron chi connectivity index (χ4n) is 3.27. The third kappa shape index (κ3) is 2.75. The van der Waals surface area contributed by atoms with Crippen molar-refractivity contribution in [3.63, 3.8) is 0 Å². The highest BCUT2D eigenvalue weighted by atomic mass is 79.9. The number of carbonyl (C=O) groups is 1. The van der Waals surface area contributed by atoms with Crippen LogP contribution in [0.4, 0.5) is 4.79 Å². The molecule has 4 nitrogen and oxygen atoms in total. The maximum Gasteiger partial charge on any atom is 0.415 e. The molecule has 2 bridgehead atoms. The molecule has 1 aromatic rings. The van der Waals surface area contributed by atoms with E-state index in [4.69, 9.17) is 4.74 Å². The molecule has 1 fully saturated rings. The van der Waals surface area contributed by atoms with Crippen molar-refractivity contribution in [1.29, 1.82) is 0 Å². The van der Waals surface area contributed by atoms with Gasteiger partial charge < -0.3 is 4.74 Å². The lowest BCUT2D eigenvalue weighted by Gasteiger charge is -2.25. The van der Waals surface area contributed by atoms with Crippen LogP contribution in [-0.4, -0.2) is 28.1 Å². The summed E-state index contributed by atoms with van der Waals surface area (Å²) < 4.78 is 5.98. The minimum atomic E-state index is -0.288. The molecular weight excluding hydrogens is 332 g/mol. The summed E-state index contributed by atoms with van der Waals surface area (Å²) in [7, 11) is 0. The molecule has 3 heterocycles. The number of fused-ring (bicyclic) bond motifs is 2. The van der Waals surface area contributed by atoms with Crippen LogP contribution in [0, 0.1) is 0 Å². The average molecular weight is 349 g/mol. The molecule has 3 rings (SSSR count). The summed E-state index contributed by atoms with van der Waals surface area (Å²) >= 11 is 3.56. The highest BCUT2D eigenvalue weighted by Gasteiger charge is 2.38. The van der Waals surface area contributed by atoms with Gasteiger partial charge in [0.2, 0.25) is 0 Å². The van der Waals surface area contributed by atoms with Crippen LogP contribution in [0.1, 0.15) is 31.2 Å². The number of rotatable bonds is 2. The first-order valence-electron chi connectivity index (χ1n) is 7.11. The normalized spacial score (nSPS) is 24.2. The van der Waals surface area contributed by atoms with Crippen LogP contribution in [0.25, 0.3) is 5.57 Å². The zero-order valence-corrected chi connectivity index (χ0v) is 13.3. The van der Waals surface area contributed by atoms with Crippen molar-refractivity contribution in [3.8, 4) is 0 Å². The molecule has 1 saturated heterocycles. The molecule has 2 aliphatic rings. The van der Waals surface area contributed by atoms with Gasteiger partial charge in [0.05, 0.1) is 12.3 Å². The van der Waals surface area contributed by atoms with Gasteiger partial charge in [0.15, 0.2) is 0 Å². The van der Waals surface area contributed by atoms with Crippen molar-refractivity contribution in [1.82, 2.24) is 9.88 Å². The molecule has 1 aromatic heterocycles. The second-order valence-corrected chi connectivity index (χ2v) is 6.20. The first kappa shape index (κ1) is 14.3. The Labute approximate surface area is 132 Å². The van der Waals surface area contributed by atoms with Crippen molar-refractivity contribution in [2.75, 3.05) is 0 Å². The van der Waals surface area contributed by atoms with E-state index in [0.29, 0.717) is 0 Å². The summed E-state index contributed by atoms with van der Waals surface area (Å²) in [6.45, 7) is 3.47. The van der Waals surface area contributed by atoms with Crippen LogP contribution in [0.3, 0.4) is 0 Å². The molecule has 0 spiro atoms. The predicted molar refractivity (Wildman–Crippen MR) is 84.5 cm³/mol. The zero-order chi connectivity index (χ0) is 14.8. The fraction of sp³-hybridized carbons (Fsp3) is 0.375. The molecule has 1 amide bonds. The molecule has 5 heteroatoms. The van der Waals surface area contributed by atoms with Crippen LogP contribution in [0.5, 0.6) is 0 Å². The second kappa shape index (κ2) is 6.02. The number of hydrogen-bond donors (Lipinski definition) is 0. The smallest absolute Gasteiger partial charge is 0.415 e. The van der Waals surface area contributed by atoms with E-state index in [1.165, 1.54) is 11.8 Å². The van der Waals surface area contributed by atoms with Gasteiger partial charge in [0.1, 0.15) is 0 Å². The van der Waals surface area contributed by atoms with Gasteiger partial charge in [0, 0.05) is 22.9 Å². The van der Waals surface area contributed by atoms with E-state index < -0.39 is 0 Å². The van der Waals surface area contributed by atoms with E-state index >= 15 is 0 Å². The summed E-state index contributed by atoms with van der Waals surface area (Å²) in [4.78, 5) is 18.1. The van der Waals surface area contributed by atoms with Gasteiger partial charge in [0.25, 0.3) is 0 Å².